The van der Waals surface area contributed by atoms with Crippen molar-refractivity contribution in [1.29, 1.82) is 0 Å². The molecule has 1 aliphatic carbocycles. The fraction of sp³-hybridized carbons (Fsp3) is 0.462. The third kappa shape index (κ3) is 1.81. The lowest BCUT2D eigenvalue weighted by molar-refractivity contribution is 0.661. The molecule has 1 unspecified atom stereocenters. The number of aryl methyl sites for hydroxylation is 3. The Morgan fingerprint density at radius 2 is 2.41 bits per heavy atom. The van der Waals surface area contributed by atoms with E-state index in [4.69, 9.17) is 5.73 Å². The number of fused-ring (bicyclic) bond motifs is 1. The molecule has 0 bridgehead atoms. The van der Waals surface area contributed by atoms with Gasteiger partial charge in [0.1, 0.15) is 5.82 Å². The maximum Gasteiger partial charge on any atom is 0.131 e. The molecule has 17 heavy (non-hydrogen) atoms. The van der Waals surface area contributed by atoms with Gasteiger partial charge in [0.15, 0.2) is 0 Å². The van der Waals surface area contributed by atoms with Gasteiger partial charge in [-0.1, -0.05) is 0 Å². The standard InChI is InChI=1S/C13H17N3S/c1-2-16-7-6-15-13(16)12(14)11-8-9-4-3-5-10(9)17-11/h6-8,12H,2-5,14H2,1H3. The molecular formula is C13H17N3S. The summed E-state index contributed by atoms with van der Waals surface area (Å²) in [6.07, 6.45) is 7.59. The van der Waals surface area contributed by atoms with Gasteiger partial charge in [-0.05, 0) is 37.8 Å². The minimum atomic E-state index is -0.0689. The molecule has 1 atom stereocenters. The van der Waals surface area contributed by atoms with Crippen molar-refractivity contribution >= 4 is 11.3 Å². The first-order valence-corrected chi connectivity index (χ1v) is 6.99. The van der Waals surface area contributed by atoms with E-state index in [0.717, 1.165) is 12.4 Å². The van der Waals surface area contributed by atoms with Gasteiger partial charge in [0, 0.05) is 28.7 Å². The maximum atomic E-state index is 6.33. The number of imidazole rings is 1. The quantitative estimate of drug-likeness (QED) is 0.905. The van der Waals surface area contributed by atoms with E-state index in [1.807, 2.05) is 23.7 Å². The highest BCUT2D eigenvalue weighted by molar-refractivity contribution is 7.12. The molecule has 0 amide bonds. The van der Waals surface area contributed by atoms with E-state index in [1.165, 1.54) is 34.6 Å². The molecular weight excluding hydrogens is 230 g/mol. The van der Waals surface area contributed by atoms with Gasteiger partial charge in [0.25, 0.3) is 0 Å². The highest BCUT2D eigenvalue weighted by Gasteiger charge is 2.21. The molecule has 90 valence electrons. The zero-order valence-corrected chi connectivity index (χ0v) is 10.8. The van der Waals surface area contributed by atoms with Crippen LogP contribution in [0.25, 0.3) is 0 Å². The van der Waals surface area contributed by atoms with E-state index in [0.29, 0.717) is 0 Å². The summed E-state index contributed by atoms with van der Waals surface area (Å²) < 4.78 is 2.12. The van der Waals surface area contributed by atoms with Crippen molar-refractivity contribution in [2.24, 2.45) is 5.73 Å². The summed E-state index contributed by atoms with van der Waals surface area (Å²) in [4.78, 5) is 7.18. The predicted octanol–water partition coefficient (Wildman–Crippen LogP) is 2.50. The summed E-state index contributed by atoms with van der Waals surface area (Å²) in [7, 11) is 0. The summed E-state index contributed by atoms with van der Waals surface area (Å²) >= 11 is 1.87. The van der Waals surface area contributed by atoms with Crippen LogP contribution < -0.4 is 5.73 Å². The number of rotatable bonds is 3. The van der Waals surface area contributed by atoms with Crippen molar-refractivity contribution in [1.82, 2.24) is 9.55 Å². The molecule has 2 aromatic rings. The van der Waals surface area contributed by atoms with Crippen LogP contribution in [0.4, 0.5) is 0 Å². The fourth-order valence-electron chi connectivity index (χ4n) is 2.50. The van der Waals surface area contributed by atoms with Crippen molar-refractivity contribution in [3.63, 3.8) is 0 Å². The zero-order chi connectivity index (χ0) is 11.8. The van der Waals surface area contributed by atoms with Crippen LogP contribution in [-0.4, -0.2) is 9.55 Å². The predicted molar refractivity (Wildman–Crippen MR) is 70.3 cm³/mol. The van der Waals surface area contributed by atoms with Crippen molar-refractivity contribution in [3.05, 3.63) is 39.6 Å². The van der Waals surface area contributed by atoms with Gasteiger partial charge in [0.05, 0.1) is 6.04 Å². The molecule has 0 radical (unpaired) electrons. The zero-order valence-electron chi connectivity index (χ0n) is 10.0. The lowest BCUT2D eigenvalue weighted by atomic mass is 10.2. The molecule has 2 heterocycles. The Balaban J connectivity index is 1.93. The smallest absolute Gasteiger partial charge is 0.131 e. The van der Waals surface area contributed by atoms with Gasteiger partial charge < -0.3 is 10.3 Å². The molecule has 2 N–H and O–H groups in total. The van der Waals surface area contributed by atoms with Crippen molar-refractivity contribution < 1.29 is 0 Å². The molecule has 3 rings (SSSR count). The van der Waals surface area contributed by atoms with Crippen molar-refractivity contribution in [3.8, 4) is 0 Å². The largest absolute Gasteiger partial charge is 0.334 e. The molecule has 1 aliphatic rings. The van der Waals surface area contributed by atoms with Crippen LogP contribution in [0.2, 0.25) is 0 Å². The van der Waals surface area contributed by atoms with Gasteiger partial charge in [-0.15, -0.1) is 11.3 Å². The Kier molecular flexibility index (Phi) is 2.76. The summed E-state index contributed by atoms with van der Waals surface area (Å²) in [6.45, 7) is 3.04. The van der Waals surface area contributed by atoms with E-state index in [9.17, 15) is 0 Å². The van der Waals surface area contributed by atoms with E-state index >= 15 is 0 Å². The monoisotopic (exact) mass is 247 g/mol. The van der Waals surface area contributed by atoms with Crippen molar-refractivity contribution in [2.75, 3.05) is 0 Å². The van der Waals surface area contributed by atoms with Crippen LogP contribution in [-0.2, 0) is 19.4 Å². The number of nitrogens with zero attached hydrogens (tertiary/aromatic N) is 2. The Labute approximate surface area is 105 Å². The van der Waals surface area contributed by atoms with Gasteiger partial charge in [0.2, 0.25) is 0 Å². The molecule has 4 heteroatoms. The number of thiophene rings is 1. The number of hydrogen-bond acceptors (Lipinski definition) is 3. The molecule has 2 aromatic heterocycles. The molecule has 0 spiro atoms. The lowest BCUT2D eigenvalue weighted by Gasteiger charge is -2.11. The van der Waals surface area contributed by atoms with Gasteiger partial charge >= 0.3 is 0 Å². The first-order chi connectivity index (χ1) is 8.29. The van der Waals surface area contributed by atoms with Crippen LogP contribution in [0.15, 0.2) is 18.5 Å². The number of hydrogen-bond donors (Lipinski definition) is 1. The summed E-state index contributed by atoms with van der Waals surface area (Å²) in [5.74, 6) is 0.979. The highest BCUT2D eigenvalue weighted by atomic mass is 32.1. The van der Waals surface area contributed by atoms with Crippen LogP contribution in [0.1, 0.15) is 40.5 Å². The molecule has 0 aliphatic heterocycles. The average Bonchev–Trinajstić information content (AvgIpc) is 3.02. The topological polar surface area (TPSA) is 43.8 Å². The van der Waals surface area contributed by atoms with Crippen LogP contribution in [0.5, 0.6) is 0 Å². The van der Waals surface area contributed by atoms with Crippen LogP contribution in [0, 0.1) is 0 Å². The fourth-order valence-corrected chi connectivity index (χ4v) is 3.76. The van der Waals surface area contributed by atoms with Gasteiger partial charge in [-0.3, -0.25) is 0 Å². The number of aromatic nitrogens is 2. The molecule has 0 saturated heterocycles. The second kappa shape index (κ2) is 4.27. The van der Waals surface area contributed by atoms with E-state index in [2.05, 4.69) is 22.5 Å². The van der Waals surface area contributed by atoms with E-state index in [-0.39, 0.29) is 6.04 Å². The minimum Gasteiger partial charge on any atom is -0.334 e. The third-order valence-electron chi connectivity index (χ3n) is 3.44. The first kappa shape index (κ1) is 11.0. The summed E-state index contributed by atoms with van der Waals surface area (Å²) in [5, 5.41) is 0. The SMILES string of the molecule is CCn1ccnc1C(N)c1cc2c(s1)CCC2. The van der Waals surface area contributed by atoms with E-state index in [1.54, 1.807) is 0 Å². The van der Waals surface area contributed by atoms with E-state index < -0.39 is 0 Å². The highest BCUT2D eigenvalue weighted by Crippen LogP contribution is 2.34. The maximum absolute atomic E-state index is 6.33. The molecule has 0 saturated carbocycles. The Morgan fingerprint density at radius 1 is 1.53 bits per heavy atom. The Hall–Kier alpha value is -1.13. The first-order valence-electron chi connectivity index (χ1n) is 6.17. The Morgan fingerprint density at radius 3 is 3.18 bits per heavy atom. The third-order valence-corrected chi connectivity index (χ3v) is 4.76. The van der Waals surface area contributed by atoms with Crippen LogP contribution in [0.3, 0.4) is 0 Å². The lowest BCUT2D eigenvalue weighted by Crippen LogP contribution is -2.16. The van der Waals surface area contributed by atoms with Gasteiger partial charge in [-0.25, -0.2) is 4.98 Å². The molecule has 3 nitrogen and oxygen atoms in total. The minimum absolute atomic E-state index is 0.0689. The second-order valence-corrected chi connectivity index (χ2v) is 5.67. The Bertz CT molecular complexity index is 505. The second-order valence-electron chi connectivity index (χ2n) is 4.50. The average molecular weight is 247 g/mol. The van der Waals surface area contributed by atoms with Crippen molar-refractivity contribution in [2.45, 2.75) is 38.8 Å². The molecule has 0 fully saturated rings. The molecule has 0 aromatic carbocycles. The summed E-state index contributed by atoms with van der Waals surface area (Å²) in [6, 6.07) is 2.22. The summed E-state index contributed by atoms with van der Waals surface area (Å²) in [5.41, 5.74) is 7.83. The normalized spacial score (nSPS) is 16.1. The van der Waals surface area contributed by atoms with Crippen LogP contribution >= 0.6 is 11.3 Å². The van der Waals surface area contributed by atoms with Gasteiger partial charge in [-0.2, -0.15) is 0 Å². The number of nitrogens with two attached hydrogens (primary N) is 1.